The monoisotopic (exact) mass is 485 g/mol. The lowest BCUT2D eigenvalue weighted by atomic mass is 10.1. The van der Waals surface area contributed by atoms with Gasteiger partial charge in [0.25, 0.3) is 5.91 Å². The second kappa shape index (κ2) is 11.5. The first kappa shape index (κ1) is 24.2. The zero-order chi connectivity index (χ0) is 24.6. The highest BCUT2D eigenvalue weighted by molar-refractivity contribution is 7.99. The number of nitrogens with zero attached hydrogens (tertiary/aromatic N) is 3. The number of hydrogen-bond donors (Lipinski definition) is 2. The fraction of sp³-hybridized carbons (Fsp3) is 0.185. The first-order valence-corrected chi connectivity index (χ1v) is 12.3. The van der Waals surface area contributed by atoms with Crippen LogP contribution in [0.2, 0.25) is 0 Å². The summed E-state index contributed by atoms with van der Waals surface area (Å²) in [5, 5.41) is 14.6. The normalized spacial score (nSPS) is 10.7. The van der Waals surface area contributed by atoms with Crippen LogP contribution >= 0.6 is 11.8 Å². The van der Waals surface area contributed by atoms with Gasteiger partial charge in [-0.1, -0.05) is 60.3 Å². The first-order chi connectivity index (χ1) is 17.0. The third-order valence-corrected chi connectivity index (χ3v) is 6.55. The number of carbonyl (C=O) groups excluding carboxylic acids is 2. The highest BCUT2D eigenvalue weighted by Crippen LogP contribution is 2.22. The maximum Gasteiger partial charge on any atom is 0.253 e. The number of para-hydroxylation sites is 1. The predicted molar refractivity (Wildman–Crippen MR) is 139 cm³/mol. The van der Waals surface area contributed by atoms with Crippen molar-refractivity contribution < 1.29 is 9.59 Å². The smallest absolute Gasteiger partial charge is 0.253 e. The summed E-state index contributed by atoms with van der Waals surface area (Å²) in [5.74, 6) is -0.318. The van der Waals surface area contributed by atoms with Crippen molar-refractivity contribution in [3.05, 3.63) is 101 Å². The van der Waals surface area contributed by atoms with Crippen LogP contribution in [-0.2, 0) is 11.2 Å². The van der Waals surface area contributed by atoms with Gasteiger partial charge in [0.1, 0.15) is 6.33 Å². The second-order valence-electron chi connectivity index (χ2n) is 8.13. The molecule has 8 heteroatoms. The number of aromatic nitrogens is 3. The van der Waals surface area contributed by atoms with Gasteiger partial charge in [-0.2, -0.15) is 0 Å². The largest absolute Gasteiger partial charge is 0.352 e. The predicted octanol–water partition coefficient (Wildman–Crippen LogP) is 4.59. The molecule has 4 aromatic rings. The number of aryl methyl sites for hydroxylation is 2. The van der Waals surface area contributed by atoms with Gasteiger partial charge in [-0.15, -0.1) is 10.2 Å². The van der Waals surface area contributed by atoms with Crippen molar-refractivity contribution in [2.45, 2.75) is 25.4 Å². The standard InChI is InChI=1S/C27H27N5O2S/c1-19-12-13-22(16-20(19)2)32-18-29-31-27(32)35-17-25(33)30-24-11-7-6-10-23(24)26(34)28-15-14-21-8-4-3-5-9-21/h3-13,16,18H,14-15,17H2,1-2H3,(H,28,34)(H,30,33). The van der Waals surface area contributed by atoms with Crippen LogP contribution in [0.15, 0.2) is 84.3 Å². The molecular formula is C27H27N5O2S. The summed E-state index contributed by atoms with van der Waals surface area (Å²) in [4.78, 5) is 25.5. The van der Waals surface area contributed by atoms with Crippen molar-refractivity contribution >= 4 is 29.3 Å². The van der Waals surface area contributed by atoms with Crippen molar-refractivity contribution in [2.24, 2.45) is 0 Å². The van der Waals surface area contributed by atoms with E-state index in [-0.39, 0.29) is 17.6 Å². The molecule has 0 radical (unpaired) electrons. The Kier molecular flexibility index (Phi) is 7.95. The zero-order valence-electron chi connectivity index (χ0n) is 19.7. The summed E-state index contributed by atoms with van der Waals surface area (Å²) in [6.45, 7) is 4.63. The summed E-state index contributed by atoms with van der Waals surface area (Å²) < 4.78 is 1.86. The third kappa shape index (κ3) is 6.36. The maximum atomic E-state index is 12.7. The molecule has 0 atom stereocenters. The first-order valence-electron chi connectivity index (χ1n) is 11.3. The van der Waals surface area contributed by atoms with E-state index >= 15 is 0 Å². The Balaban J connectivity index is 1.35. The summed E-state index contributed by atoms with van der Waals surface area (Å²) in [5.41, 5.74) is 5.38. The Hall–Kier alpha value is -3.91. The minimum atomic E-state index is -0.228. The number of amides is 2. The van der Waals surface area contributed by atoms with Crippen molar-refractivity contribution in [3.63, 3.8) is 0 Å². The summed E-state index contributed by atoms with van der Waals surface area (Å²) in [6.07, 6.45) is 2.37. The van der Waals surface area contributed by atoms with E-state index in [1.54, 1.807) is 30.6 Å². The van der Waals surface area contributed by atoms with Crippen LogP contribution < -0.4 is 10.6 Å². The van der Waals surface area contributed by atoms with Crippen molar-refractivity contribution in [2.75, 3.05) is 17.6 Å². The zero-order valence-corrected chi connectivity index (χ0v) is 20.5. The SMILES string of the molecule is Cc1ccc(-n2cnnc2SCC(=O)Nc2ccccc2C(=O)NCCc2ccccc2)cc1C. The van der Waals surface area contributed by atoms with E-state index < -0.39 is 0 Å². The molecule has 4 rings (SSSR count). The van der Waals surface area contributed by atoms with Crippen LogP contribution in [0.4, 0.5) is 5.69 Å². The van der Waals surface area contributed by atoms with Gasteiger partial charge in [0.15, 0.2) is 5.16 Å². The van der Waals surface area contributed by atoms with Crippen molar-refractivity contribution in [3.8, 4) is 5.69 Å². The van der Waals surface area contributed by atoms with E-state index in [0.29, 0.717) is 23.0 Å². The van der Waals surface area contributed by atoms with Crippen LogP contribution in [0.1, 0.15) is 27.0 Å². The lowest BCUT2D eigenvalue weighted by Crippen LogP contribution is -2.27. The molecule has 2 N–H and O–H groups in total. The van der Waals surface area contributed by atoms with Gasteiger partial charge in [-0.25, -0.2) is 0 Å². The fourth-order valence-electron chi connectivity index (χ4n) is 3.54. The Morgan fingerprint density at radius 1 is 0.943 bits per heavy atom. The minimum Gasteiger partial charge on any atom is -0.352 e. The van der Waals surface area contributed by atoms with Gasteiger partial charge in [0.05, 0.1) is 17.0 Å². The molecule has 0 saturated heterocycles. The summed E-state index contributed by atoms with van der Waals surface area (Å²) >= 11 is 1.29. The maximum absolute atomic E-state index is 12.7. The van der Waals surface area contributed by atoms with Crippen LogP contribution in [0.5, 0.6) is 0 Å². The topological polar surface area (TPSA) is 88.9 Å². The molecule has 0 aliphatic carbocycles. The Labute approximate surface area is 209 Å². The average Bonchev–Trinajstić information content (AvgIpc) is 3.34. The van der Waals surface area contributed by atoms with Crippen LogP contribution in [-0.4, -0.2) is 38.9 Å². The molecule has 0 aliphatic rings. The number of hydrogen-bond acceptors (Lipinski definition) is 5. The second-order valence-corrected chi connectivity index (χ2v) is 9.07. The molecule has 35 heavy (non-hydrogen) atoms. The number of rotatable bonds is 9. The van der Waals surface area contributed by atoms with Crippen LogP contribution in [0.3, 0.4) is 0 Å². The highest BCUT2D eigenvalue weighted by Gasteiger charge is 2.15. The molecular weight excluding hydrogens is 458 g/mol. The highest BCUT2D eigenvalue weighted by atomic mass is 32.2. The average molecular weight is 486 g/mol. The third-order valence-electron chi connectivity index (χ3n) is 5.61. The number of carbonyl (C=O) groups is 2. The molecule has 0 fully saturated rings. The van der Waals surface area contributed by atoms with Gasteiger partial charge in [0, 0.05) is 12.2 Å². The van der Waals surface area contributed by atoms with Crippen molar-refractivity contribution in [1.29, 1.82) is 0 Å². The summed E-state index contributed by atoms with van der Waals surface area (Å²) in [7, 11) is 0. The Morgan fingerprint density at radius 3 is 2.51 bits per heavy atom. The fourth-order valence-corrected chi connectivity index (χ4v) is 4.27. The Morgan fingerprint density at radius 2 is 1.71 bits per heavy atom. The number of thioether (sulfide) groups is 1. The molecule has 178 valence electrons. The number of anilines is 1. The number of nitrogens with one attached hydrogen (secondary N) is 2. The van der Waals surface area contributed by atoms with Gasteiger partial charge in [-0.05, 0) is 61.2 Å². The van der Waals surface area contributed by atoms with Gasteiger partial charge >= 0.3 is 0 Å². The molecule has 0 saturated carbocycles. The van der Waals surface area contributed by atoms with E-state index in [4.69, 9.17) is 0 Å². The molecule has 0 unspecified atom stereocenters. The number of benzene rings is 3. The van der Waals surface area contributed by atoms with Crippen LogP contribution in [0.25, 0.3) is 5.69 Å². The van der Waals surface area contributed by atoms with E-state index in [0.717, 1.165) is 17.7 Å². The molecule has 2 amide bonds. The lowest BCUT2D eigenvalue weighted by molar-refractivity contribution is -0.113. The summed E-state index contributed by atoms with van der Waals surface area (Å²) in [6, 6.07) is 23.1. The molecule has 7 nitrogen and oxygen atoms in total. The van der Waals surface area contributed by atoms with Crippen molar-refractivity contribution in [1.82, 2.24) is 20.1 Å². The van der Waals surface area contributed by atoms with E-state index in [2.05, 4.69) is 40.7 Å². The molecule has 0 spiro atoms. The minimum absolute atomic E-state index is 0.132. The molecule has 0 aliphatic heterocycles. The quantitative estimate of drug-likeness (QED) is 0.339. The molecule has 1 heterocycles. The van der Waals surface area contributed by atoms with E-state index in [1.165, 1.54) is 22.9 Å². The Bertz CT molecular complexity index is 1320. The lowest BCUT2D eigenvalue weighted by Gasteiger charge is -2.12. The van der Waals surface area contributed by atoms with E-state index in [1.807, 2.05) is 47.0 Å². The van der Waals surface area contributed by atoms with Gasteiger partial charge < -0.3 is 10.6 Å². The van der Waals surface area contributed by atoms with Gasteiger partial charge in [0.2, 0.25) is 5.91 Å². The van der Waals surface area contributed by atoms with Gasteiger partial charge in [-0.3, -0.25) is 14.2 Å². The van der Waals surface area contributed by atoms with Crippen LogP contribution in [0, 0.1) is 13.8 Å². The molecule has 1 aromatic heterocycles. The molecule has 3 aromatic carbocycles. The molecule has 0 bridgehead atoms. The van der Waals surface area contributed by atoms with E-state index in [9.17, 15) is 9.59 Å².